The van der Waals surface area contributed by atoms with Crippen molar-refractivity contribution >= 4 is 5.91 Å². The molecule has 5 nitrogen and oxygen atoms in total. The van der Waals surface area contributed by atoms with Crippen LogP contribution in [0.5, 0.6) is 0 Å². The fourth-order valence-electron chi connectivity index (χ4n) is 2.96. The summed E-state index contributed by atoms with van der Waals surface area (Å²) in [6.45, 7) is 1.20. The third-order valence-electron chi connectivity index (χ3n) is 4.33. The minimum atomic E-state index is -1.08. The van der Waals surface area contributed by atoms with Crippen LogP contribution in [0.3, 0.4) is 0 Å². The minimum absolute atomic E-state index is 0.277. The van der Waals surface area contributed by atoms with Crippen LogP contribution in [0.4, 0.5) is 4.39 Å². The summed E-state index contributed by atoms with van der Waals surface area (Å²) in [5.74, 6) is -0.636. The van der Waals surface area contributed by atoms with Gasteiger partial charge in [-0.1, -0.05) is 12.1 Å². The number of rotatable bonds is 2. The second kappa shape index (κ2) is 6.03. The molecule has 116 valence electrons. The van der Waals surface area contributed by atoms with Crippen molar-refractivity contribution in [2.24, 2.45) is 5.41 Å². The number of hydrogen-bond acceptors (Lipinski definition) is 4. The van der Waals surface area contributed by atoms with E-state index in [2.05, 4.69) is 6.07 Å². The molecule has 2 fully saturated rings. The van der Waals surface area contributed by atoms with E-state index >= 15 is 0 Å². The van der Waals surface area contributed by atoms with Gasteiger partial charge >= 0.3 is 0 Å². The Balaban J connectivity index is 1.84. The Kier molecular flexibility index (Phi) is 4.10. The summed E-state index contributed by atoms with van der Waals surface area (Å²) in [5.41, 5.74) is -0.270. The molecule has 1 atom stereocenters. The van der Waals surface area contributed by atoms with Gasteiger partial charge in [0.2, 0.25) is 0 Å². The third kappa shape index (κ3) is 2.58. The van der Waals surface area contributed by atoms with Crippen LogP contribution >= 0.6 is 0 Å². The number of amides is 1. The SMILES string of the molecule is N#CC1(C(=O)N2OCC[C@H]2c2ccc(F)cc2)CCOCC1. The fraction of sp³-hybridized carbons (Fsp3) is 0.500. The highest BCUT2D eigenvalue weighted by Crippen LogP contribution is 2.38. The zero-order valence-corrected chi connectivity index (χ0v) is 12.1. The Hall–Kier alpha value is -1.97. The maximum absolute atomic E-state index is 13.1. The lowest BCUT2D eigenvalue weighted by Crippen LogP contribution is -2.45. The van der Waals surface area contributed by atoms with Crippen LogP contribution < -0.4 is 0 Å². The lowest BCUT2D eigenvalue weighted by atomic mass is 9.80. The van der Waals surface area contributed by atoms with Gasteiger partial charge in [-0.25, -0.2) is 9.45 Å². The molecule has 0 aliphatic carbocycles. The van der Waals surface area contributed by atoms with Gasteiger partial charge < -0.3 is 4.74 Å². The molecule has 6 heteroatoms. The number of halogens is 1. The topological polar surface area (TPSA) is 62.6 Å². The summed E-state index contributed by atoms with van der Waals surface area (Å²) in [5, 5.41) is 10.8. The molecule has 1 aromatic carbocycles. The van der Waals surface area contributed by atoms with Crippen molar-refractivity contribution in [3.63, 3.8) is 0 Å². The van der Waals surface area contributed by atoms with Crippen LogP contribution in [0, 0.1) is 22.6 Å². The summed E-state index contributed by atoms with van der Waals surface area (Å²) < 4.78 is 18.3. The number of hydrogen-bond donors (Lipinski definition) is 0. The minimum Gasteiger partial charge on any atom is -0.381 e. The van der Waals surface area contributed by atoms with Gasteiger partial charge in [0.05, 0.1) is 18.7 Å². The van der Waals surface area contributed by atoms with E-state index < -0.39 is 5.41 Å². The van der Waals surface area contributed by atoms with Crippen LogP contribution in [0.15, 0.2) is 24.3 Å². The van der Waals surface area contributed by atoms with Gasteiger partial charge in [-0.3, -0.25) is 9.63 Å². The summed E-state index contributed by atoms with van der Waals surface area (Å²) in [4.78, 5) is 18.3. The van der Waals surface area contributed by atoms with Crippen LogP contribution in [-0.2, 0) is 14.4 Å². The Morgan fingerprint density at radius 3 is 2.59 bits per heavy atom. The highest BCUT2D eigenvalue weighted by atomic mass is 19.1. The molecule has 2 aliphatic rings. The molecule has 2 aliphatic heterocycles. The molecular weight excluding hydrogens is 287 g/mol. The molecule has 1 aromatic rings. The van der Waals surface area contributed by atoms with Gasteiger partial charge in [0, 0.05) is 19.6 Å². The van der Waals surface area contributed by atoms with Crippen molar-refractivity contribution in [2.45, 2.75) is 25.3 Å². The quantitative estimate of drug-likeness (QED) is 0.841. The van der Waals surface area contributed by atoms with Gasteiger partial charge in [0.1, 0.15) is 11.2 Å². The summed E-state index contributed by atoms with van der Waals surface area (Å²) >= 11 is 0. The van der Waals surface area contributed by atoms with Crippen molar-refractivity contribution in [1.29, 1.82) is 5.26 Å². The molecule has 3 rings (SSSR count). The molecule has 0 unspecified atom stereocenters. The molecular formula is C16H17FN2O3. The maximum Gasteiger partial charge on any atom is 0.267 e. The first-order valence-corrected chi connectivity index (χ1v) is 7.37. The van der Waals surface area contributed by atoms with Crippen molar-refractivity contribution in [2.75, 3.05) is 19.8 Å². The first-order valence-electron chi connectivity index (χ1n) is 7.37. The van der Waals surface area contributed by atoms with E-state index in [-0.39, 0.29) is 17.8 Å². The van der Waals surface area contributed by atoms with Crippen LogP contribution in [0.2, 0.25) is 0 Å². The van der Waals surface area contributed by atoms with Gasteiger partial charge in [0.25, 0.3) is 5.91 Å². The number of hydroxylamine groups is 2. The van der Waals surface area contributed by atoms with Crippen molar-refractivity contribution in [3.05, 3.63) is 35.6 Å². The Morgan fingerprint density at radius 1 is 1.27 bits per heavy atom. The number of carbonyl (C=O) groups is 1. The average molecular weight is 304 g/mol. The molecule has 22 heavy (non-hydrogen) atoms. The van der Waals surface area contributed by atoms with Crippen LogP contribution in [-0.4, -0.2) is 30.8 Å². The summed E-state index contributed by atoms with van der Waals surface area (Å²) in [6, 6.07) is 7.92. The average Bonchev–Trinajstić information content (AvgIpc) is 3.05. The second-order valence-corrected chi connectivity index (χ2v) is 5.63. The Bertz CT molecular complexity index is 590. The van der Waals surface area contributed by atoms with E-state index in [0.29, 0.717) is 39.1 Å². The van der Waals surface area contributed by atoms with Gasteiger partial charge in [-0.2, -0.15) is 5.26 Å². The van der Waals surface area contributed by atoms with E-state index in [4.69, 9.17) is 9.57 Å². The van der Waals surface area contributed by atoms with Gasteiger partial charge in [-0.05, 0) is 30.5 Å². The van der Waals surface area contributed by atoms with Crippen LogP contribution in [0.25, 0.3) is 0 Å². The van der Waals surface area contributed by atoms with Gasteiger partial charge in [-0.15, -0.1) is 0 Å². The molecule has 1 amide bonds. The summed E-state index contributed by atoms with van der Waals surface area (Å²) in [6.07, 6.45) is 1.38. The number of ether oxygens (including phenoxy) is 1. The second-order valence-electron chi connectivity index (χ2n) is 5.63. The predicted octanol–water partition coefficient (Wildman–Crippen LogP) is 2.35. The van der Waals surface area contributed by atoms with E-state index in [1.165, 1.54) is 17.2 Å². The largest absolute Gasteiger partial charge is 0.381 e. The van der Waals surface area contributed by atoms with Gasteiger partial charge in [0.15, 0.2) is 0 Å². The fourth-order valence-corrected chi connectivity index (χ4v) is 2.96. The van der Waals surface area contributed by atoms with E-state index in [1.807, 2.05) is 0 Å². The van der Waals surface area contributed by atoms with E-state index in [1.54, 1.807) is 12.1 Å². The van der Waals surface area contributed by atoms with Crippen molar-refractivity contribution in [1.82, 2.24) is 5.06 Å². The smallest absolute Gasteiger partial charge is 0.267 e. The molecule has 2 heterocycles. The zero-order valence-electron chi connectivity index (χ0n) is 12.1. The Morgan fingerprint density at radius 2 is 1.95 bits per heavy atom. The lowest BCUT2D eigenvalue weighted by Gasteiger charge is -2.34. The predicted molar refractivity (Wildman–Crippen MR) is 74.7 cm³/mol. The molecule has 0 bridgehead atoms. The maximum atomic E-state index is 13.1. The number of nitriles is 1. The van der Waals surface area contributed by atoms with Crippen LogP contribution in [0.1, 0.15) is 30.9 Å². The summed E-state index contributed by atoms with van der Waals surface area (Å²) in [7, 11) is 0. The van der Waals surface area contributed by atoms with Crippen molar-refractivity contribution < 1.29 is 18.8 Å². The monoisotopic (exact) mass is 304 g/mol. The van der Waals surface area contributed by atoms with E-state index in [9.17, 15) is 14.4 Å². The number of benzene rings is 1. The first-order chi connectivity index (χ1) is 10.7. The number of carbonyl (C=O) groups excluding carboxylic acids is 1. The van der Waals surface area contributed by atoms with E-state index in [0.717, 1.165) is 5.56 Å². The highest BCUT2D eigenvalue weighted by molar-refractivity contribution is 5.85. The molecule has 0 aromatic heterocycles. The molecule has 2 saturated heterocycles. The third-order valence-corrected chi connectivity index (χ3v) is 4.33. The highest BCUT2D eigenvalue weighted by Gasteiger charge is 2.47. The first kappa shape index (κ1) is 14.9. The standard InChI is InChI=1S/C16H17FN2O3/c17-13-3-1-12(2-4-13)14-5-8-22-19(14)15(20)16(11-18)6-9-21-10-7-16/h1-4,14H,5-10H2/t14-/m0/s1. The Labute approximate surface area is 128 Å². The normalized spacial score (nSPS) is 24.0. The molecule has 0 spiro atoms. The zero-order chi connectivity index (χ0) is 15.6. The molecule has 0 saturated carbocycles. The molecule has 0 N–H and O–H groups in total. The van der Waals surface area contributed by atoms with Crippen molar-refractivity contribution in [3.8, 4) is 6.07 Å². The lowest BCUT2D eigenvalue weighted by molar-refractivity contribution is -0.189. The molecule has 0 radical (unpaired) electrons. The number of nitrogens with zero attached hydrogens (tertiary/aromatic N) is 2.